The smallest absolute Gasteiger partial charge is 0.106 e. The Kier molecular flexibility index (Phi) is 2.05. The monoisotopic (exact) mass is 191 g/mol. The van der Waals surface area contributed by atoms with E-state index in [9.17, 15) is 0 Å². The van der Waals surface area contributed by atoms with Gasteiger partial charge in [0.05, 0.1) is 11.9 Å². The largest absolute Gasteiger partial charge is 0.399 e. The van der Waals surface area contributed by atoms with Crippen molar-refractivity contribution in [3.05, 3.63) is 11.9 Å². The van der Waals surface area contributed by atoms with Gasteiger partial charge in [-0.2, -0.15) is 0 Å². The number of nitrogens with zero attached hydrogens (tertiary/aromatic N) is 3. The molecule has 0 saturated carbocycles. The summed E-state index contributed by atoms with van der Waals surface area (Å²) in [5.74, 6) is 0. The van der Waals surface area contributed by atoms with E-state index in [1.54, 1.807) is 6.20 Å². The van der Waals surface area contributed by atoms with Crippen LogP contribution in [0.4, 0.5) is 0 Å². The van der Waals surface area contributed by atoms with Crippen LogP contribution in [-0.4, -0.2) is 22.3 Å². The Bertz CT molecular complexity index is 169. The molecule has 0 unspecified atom stereocenters. The van der Waals surface area contributed by atoms with Crippen LogP contribution in [0.2, 0.25) is 0 Å². The SMILES string of the molecule is COn1cc(CBr)nn1. The maximum absolute atomic E-state index is 4.72. The maximum atomic E-state index is 4.72. The van der Waals surface area contributed by atoms with Gasteiger partial charge in [0, 0.05) is 5.33 Å². The number of alkyl halides is 1. The van der Waals surface area contributed by atoms with Crippen LogP contribution in [0.1, 0.15) is 5.69 Å². The Morgan fingerprint density at radius 3 is 3.00 bits per heavy atom. The highest BCUT2D eigenvalue weighted by Crippen LogP contribution is 1.97. The zero-order valence-corrected chi connectivity index (χ0v) is 6.50. The zero-order chi connectivity index (χ0) is 6.69. The predicted molar refractivity (Wildman–Crippen MR) is 35.2 cm³/mol. The third-order valence-corrected chi connectivity index (χ3v) is 1.42. The van der Waals surface area contributed by atoms with Crippen LogP contribution in [0.25, 0.3) is 0 Å². The summed E-state index contributed by atoms with van der Waals surface area (Å²) in [5.41, 5.74) is 0.858. The van der Waals surface area contributed by atoms with Crippen molar-refractivity contribution in [1.29, 1.82) is 0 Å². The van der Waals surface area contributed by atoms with Crippen molar-refractivity contribution < 1.29 is 4.84 Å². The molecule has 4 nitrogen and oxygen atoms in total. The highest BCUT2D eigenvalue weighted by Gasteiger charge is 1.95. The molecule has 0 bridgehead atoms. The summed E-state index contributed by atoms with van der Waals surface area (Å²) < 4.78 is 0. The minimum Gasteiger partial charge on any atom is -0.399 e. The summed E-state index contributed by atoms with van der Waals surface area (Å²) >= 11 is 3.23. The highest BCUT2D eigenvalue weighted by molar-refractivity contribution is 9.08. The van der Waals surface area contributed by atoms with E-state index in [-0.39, 0.29) is 0 Å². The van der Waals surface area contributed by atoms with Crippen molar-refractivity contribution in [1.82, 2.24) is 15.2 Å². The molecule has 0 amide bonds. The van der Waals surface area contributed by atoms with E-state index >= 15 is 0 Å². The number of hydrogen-bond acceptors (Lipinski definition) is 3. The molecule has 0 N–H and O–H groups in total. The summed E-state index contributed by atoms with van der Waals surface area (Å²) in [6, 6.07) is 0. The molecule has 0 aromatic carbocycles. The van der Waals surface area contributed by atoms with Crippen molar-refractivity contribution in [3.63, 3.8) is 0 Å². The molecule has 9 heavy (non-hydrogen) atoms. The molecular weight excluding hydrogens is 186 g/mol. The van der Waals surface area contributed by atoms with Gasteiger partial charge in [-0.3, -0.25) is 0 Å². The molecule has 1 aromatic rings. The molecule has 0 saturated heterocycles. The standard InChI is InChI=1S/C4H6BrN3O/c1-9-8-3-4(2-5)6-7-8/h3H,2H2,1H3. The van der Waals surface area contributed by atoms with Crippen LogP contribution in [0.3, 0.4) is 0 Å². The normalized spacial score (nSPS) is 9.56. The second-order valence-corrected chi connectivity index (χ2v) is 1.99. The Balaban J connectivity index is 2.74. The third kappa shape index (κ3) is 1.41. The topological polar surface area (TPSA) is 39.9 Å². The Hall–Kier alpha value is -0.580. The molecule has 1 rings (SSSR count). The first-order valence-corrected chi connectivity index (χ1v) is 3.50. The minimum atomic E-state index is 0.705. The molecule has 0 aliphatic heterocycles. The average molecular weight is 192 g/mol. The number of halogens is 1. The van der Waals surface area contributed by atoms with Crippen molar-refractivity contribution in [3.8, 4) is 0 Å². The molecule has 0 spiro atoms. The molecule has 5 heteroatoms. The average Bonchev–Trinajstić information content (AvgIpc) is 2.34. The van der Waals surface area contributed by atoms with E-state index in [0.717, 1.165) is 5.69 Å². The third-order valence-electron chi connectivity index (χ3n) is 0.845. The van der Waals surface area contributed by atoms with E-state index in [1.165, 1.54) is 12.0 Å². The molecule has 0 fully saturated rings. The van der Waals surface area contributed by atoms with Gasteiger partial charge in [-0.05, 0) is 5.21 Å². The fraction of sp³-hybridized carbons (Fsp3) is 0.500. The van der Waals surface area contributed by atoms with Gasteiger partial charge in [0.1, 0.15) is 7.11 Å². The van der Waals surface area contributed by atoms with E-state index in [4.69, 9.17) is 4.84 Å². The van der Waals surface area contributed by atoms with Crippen LogP contribution in [0.5, 0.6) is 0 Å². The van der Waals surface area contributed by atoms with Crippen LogP contribution in [0, 0.1) is 0 Å². The van der Waals surface area contributed by atoms with Crippen LogP contribution < -0.4 is 4.84 Å². The van der Waals surface area contributed by atoms with E-state index < -0.39 is 0 Å². The van der Waals surface area contributed by atoms with Crippen molar-refractivity contribution >= 4 is 15.9 Å². The number of rotatable bonds is 2. The van der Waals surface area contributed by atoms with E-state index in [2.05, 4.69) is 26.2 Å². The molecule has 0 aliphatic carbocycles. The maximum Gasteiger partial charge on any atom is 0.106 e. The van der Waals surface area contributed by atoms with Gasteiger partial charge >= 0.3 is 0 Å². The molecule has 0 atom stereocenters. The summed E-state index contributed by atoms with van der Waals surface area (Å²) in [5, 5.41) is 8.07. The Labute approximate surface area is 60.9 Å². The van der Waals surface area contributed by atoms with Crippen molar-refractivity contribution in [2.75, 3.05) is 7.11 Å². The van der Waals surface area contributed by atoms with Crippen molar-refractivity contribution in [2.24, 2.45) is 0 Å². The van der Waals surface area contributed by atoms with E-state index in [1.807, 2.05) is 0 Å². The molecule has 0 aliphatic rings. The lowest BCUT2D eigenvalue weighted by Crippen LogP contribution is -2.05. The second-order valence-electron chi connectivity index (χ2n) is 1.43. The van der Waals surface area contributed by atoms with Gasteiger partial charge in [0.25, 0.3) is 0 Å². The molecule has 1 aromatic heterocycles. The lowest BCUT2D eigenvalue weighted by molar-refractivity contribution is 0.129. The number of aromatic nitrogens is 3. The molecule has 1 heterocycles. The summed E-state index contributed by atoms with van der Waals surface area (Å²) in [6.45, 7) is 0. The van der Waals surface area contributed by atoms with Gasteiger partial charge in [0.2, 0.25) is 0 Å². The highest BCUT2D eigenvalue weighted by atomic mass is 79.9. The summed E-state index contributed by atoms with van der Waals surface area (Å²) in [4.78, 5) is 6.02. The first-order valence-electron chi connectivity index (χ1n) is 2.38. The Morgan fingerprint density at radius 2 is 2.67 bits per heavy atom. The fourth-order valence-electron chi connectivity index (χ4n) is 0.431. The minimum absolute atomic E-state index is 0.705. The fourth-order valence-corrected chi connectivity index (χ4v) is 0.688. The van der Waals surface area contributed by atoms with Crippen LogP contribution in [-0.2, 0) is 5.33 Å². The van der Waals surface area contributed by atoms with E-state index in [0.29, 0.717) is 5.33 Å². The summed E-state index contributed by atoms with van der Waals surface area (Å²) in [7, 11) is 1.53. The lowest BCUT2D eigenvalue weighted by atomic mass is 10.6. The van der Waals surface area contributed by atoms with Gasteiger partial charge in [0.15, 0.2) is 0 Å². The lowest BCUT2D eigenvalue weighted by Gasteiger charge is -1.90. The first-order chi connectivity index (χ1) is 4.36. The molecular formula is C4H6BrN3O. The summed E-state index contributed by atoms with van der Waals surface area (Å²) in [6.07, 6.45) is 1.70. The van der Waals surface area contributed by atoms with Gasteiger partial charge in [-0.25, -0.2) is 0 Å². The number of hydrogen-bond donors (Lipinski definition) is 0. The predicted octanol–water partition coefficient (Wildman–Crippen LogP) is 0.231. The first kappa shape index (κ1) is 6.54. The van der Waals surface area contributed by atoms with Crippen molar-refractivity contribution in [2.45, 2.75) is 5.33 Å². The quantitative estimate of drug-likeness (QED) is 0.629. The second kappa shape index (κ2) is 2.82. The van der Waals surface area contributed by atoms with Crippen LogP contribution in [0.15, 0.2) is 6.20 Å². The molecule has 50 valence electrons. The van der Waals surface area contributed by atoms with Gasteiger partial charge < -0.3 is 4.84 Å². The van der Waals surface area contributed by atoms with Gasteiger partial charge in [-0.1, -0.05) is 20.8 Å². The van der Waals surface area contributed by atoms with Gasteiger partial charge in [-0.15, -0.1) is 5.10 Å². The molecule has 0 radical (unpaired) electrons. The van der Waals surface area contributed by atoms with Crippen LogP contribution >= 0.6 is 15.9 Å². The zero-order valence-electron chi connectivity index (χ0n) is 4.91. The Morgan fingerprint density at radius 1 is 1.89 bits per heavy atom.